The molecule has 5 aromatic rings. The van der Waals surface area contributed by atoms with Crippen molar-refractivity contribution in [1.29, 1.82) is 0 Å². The summed E-state index contributed by atoms with van der Waals surface area (Å²) in [4.78, 5) is 57.4. The van der Waals surface area contributed by atoms with Crippen molar-refractivity contribution in [3.8, 4) is 0 Å². The number of aryl methyl sites for hydroxylation is 1. The lowest BCUT2D eigenvalue weighted by atomic mass is 9.89. The number of carbonyl (C=O) groups is 4. The van der Waals surface area contributed by atoms with E-state index in [1.54, 1.807) is 23.5 Å². The first kappa shape index (κ1) is 42.6. The standard InChI is InChI=1S/C46H41N3O6S3.HI/c1-47-36-19-10-11-21-38(36)58-39(47)27-32-23-24-48(35-18-9-8-17-34(32)35)25-26-56-28-33-29-57-45-41(37(50)20-12-22-40(51)52)44(53)49(45)42(33)46(54)55-43(30-13-4-2-5-14-30)31-15-6-3-7-16-31;/h2-11,13-19,21,23-24,27,41,43,45H,12,20,22,25-26,28-29H2,1H3;1H. The van der Waals surface area contributed by atoms with Crippen LogP contribution in [-0.4, -0.2) is 63.3 Å². The first-order valence-electron chi connectivity index (χ1n) is 19.2. The summed E-state index contributed by atoms with van der Waals surface area (Å²) in [7, 11) is 2.10. The van der Waals surface area contributed by atoms with E-state index in [4.69, 9.17) is 9.84 Å². The third-order valence-electron chi connectivity index (χ3n) is 10.6. The largest absolute Gasteiger partial charge is 1.00 e. The van der Waals surface area contributed by atoms with Crippen LogP contribution in [0.5, 0.6) is 0 Å². The number of hydrogen-bond donors (Lipinski definition) is 1. The molecular weight excluding hydrogens is 914 g/mol. The molecule has 2 atom stereocenters. The minimum absolute atomic E-state index is 0. The van der Waals surface area contributed by atoms with Crippen LogP contribution in [0.1, 0.15) is 42.1 Å². The zero-order valence-electron chi connectivity index (χ0n) is 32.2. The summed E-state index contributed by atoms with van der Waals surface area (Å²) in [5.74, 6) is -1.53. The summed E-state index contributed by atoms with van der Waals surface area (Å²) >= 11 is 4.93. The van der Waals surface area contributed by atoms with Gasteiger partial charge < -0.3 is 38.7 Å². The van der Waals surface area contributed by atoms with Crippen molar-refractivity contribution in [1.82, 2.24) is 4.90 Å². The molecule has 9 nitrogen and oxygen atoms in total. The summed E-state index contributed by atoms with van der Waals surface area (Å²) in [5.41, 5.74) is 6.07. The number of esters is 1. The second-order valence-corrected chi connectivity index (χ2v) is 17.6. The molecule has 0 radical (unpaired) electrons. The van der Waals surface area contributed by atoms with E-state index in [1.165, 1.54) is 32.3 Å². The van der Waals surface area contributed by atoms with Gasteiger partial charge in [0.05, 0.1) is 21.9 Å². The number of para-hydroxylation sites is 2. The fourth-order valence-electron chi connectivity index (χ4n) is 7.63. The molecule has 1 aromatic heterocycles. The van der Waals surface area contributed by atoms with E-state index in [0.29, 0.717) is 11.5 Å². The monoisotopic (exact) mass is 955 g/mol. The average molecular weight is 956 g/mol. The second-order valence-electron chi connectivity index (χ2n) is 14.3. The molecule has 1 saturated heterocycles. The molecule has 0 bridgehead atoms. The van der Waals surface area contributed by atoms with Crippen molar-refractivity contribution in [3.63, 3.8) is 0 Å². The van der Waals surface area contributed by atoms with Crippen LogP contribution in [0.4, 0.5) is 5.69 Å². The minimum atomic E-state index is -0.984. The number of carbonyl (C=O) groups excluding carboxylic acids is 3. The number of aromatic nitrogens is 1. The molecular formula is C46H42IN3O6S3. The lowest BCUT2D eigenvalue weighted by Crippen LogP contribution is -3.00. The molecule has 0 saturated carbocycles. The number of pyridine rings is 1. The van der Waals surface area contributed by atoms with Gasteiger partial charge in [0.25, 0.3) is 0 Å². The van der Waals surface area contributed by atoms with Gasteiger partial charge >= 0.3 is 11.9 Å². The van der Waals surface area contributed by atoms with Gasteiger partial charge in [0.1, 0.15) is 22.8 Å². The fourth-order valence-corrected chi connectivity index (χ4v) is 11.2. The maximum Gasteiger partial charge on any atom is 0.356 e. The molecule has 1 fully saturated rings. The summed E-state index contributed by atoms with van der Waals surface area (Å²) in [6.07, 6.45) is 3.69. The molecule has 1 amide bonds. The number of halogens is 1. The first-order valence-corrected chi connectivity index (χ1v) is 22.2. The van der Waals surface area contributed by atoms with Gasteiger partial charge in [-0.1, -0.05) is 96.7 Å². The zero-order chi connectivity index (χ0) is 40.2. The molecule has 0 aliphatic carbocycles. The van der Waals surface area contributed by atoms with Crippen molar-refractivity contribution >= 4 is 81.6 Å². The second kappa shape index (κ2) is 19.2. The normalized spacial score (nSPS) is 17.7. The van der Waals surface area contributed by atoms with Crippen LogP contribution >= 0.6 is 35.3 Å². The van der Waals surface area contributed by atoms with Gasteiger partial charge in [-0.3, -0.25) is 19.3 Å². The molecule has 2 unspecified atom stereocenters. The van der Waals surface area contributed by atoms with Gasteiger partial charge in [-0.25, -0.2) is 4.79 Å². The van der Waals surface area contributed by atoms with E-state index in [-0.39, 0.29) is 54.7 Å². The van der Waals surface area contributed by atoms with Gasteiger partial charge in [0, 0.05) is 48.4 Å². The third kappa shape index (κ3) is 9.13. The highest BCUT2D eigenvalue weighted by Crippen LogP contribution is 2.47. The SMILES string of the molecule is CN1/C(=C/c2cc[n+](CCSCC3=C(C(=O)OC(c4ccccc4)c4ccccc4)N4C(=O)C(C(=O)CCCC(=O)O)C4SC3)c3ccccc23)Sc2ccccc21.[I-]. The van der Waals surface area contributed by atoms with E-state index in [2.05, 4.69) is 83.4 Å². The Labute approximate surface area is 373 Å². The number of nitrogens with zero attached hydrogens (tertiary/aromatic N) is 3. The minimum Gasteiger partial charge on any atom is -1.00 e. The number of anilines is 1. The van der Waals surface area contributed by atoms with E-state index in [0.717, 1.165) is 45.5 Å². The Morgan fingerprint density at radius 2 is 1.59 bits per heavy atom. The van der Waals surface area contributed by atoms with Crippen molar-refractivity contribution in [2.45, 2.75) is 42.2 Å². The molecule has 3 aliphatic heterocycles. The molecule has 302 valence electrons. The quantitative estimate of drug-likeness (QED) is 0.0369. The van der Waals surface area contributed by atoms with Crippen LogP contribution in [0.2, 0.25) is 0 Å². The Hall–Kier alpha value is -4.57. The number of ether oxygens (including phenoxy) is 1. The molecule has 13 heteroatoms. The molecule has 8 rings (SSSR count). The summed E-state index contributed by atoms with van der Waals surface area (Å²) in [6, 6.07) is 38.0. The highest BCUT2D eigenvalue weighted by molar-refractivity contribution is 8.04. The Morgan fingerprint density at radius 3 is 2.31 bits per heavy atom. The topological polar surface area (TPSA) is 108 Å². The predicted octanol–water partition coefficient (Wildman–Crippen LogP) is 5.35. The Kier molecular flexibility index (Phi) is 13.9. The number of rotatable bonds is 15. The van der Waals surface area contributed by atoms with Crippen LogP contribution in [0.3, 0.4) is 0 Å². The molecule has 3 aliphatic rings. The lowest BCUT2D eigenvalue weighted by Gasteiger charge is -2.49. The van der Waals surface area contributed by atoms with Gasteiger partial charge in [-0.05, 0) is 53.0 Å². The number of hydrogen-bond acceptors (Lipinski definition) is 9. The van der Waals surface area contributed by atoms with Gasteiger partial charge in [-0.2, -0.15) is 16.3 Å². The smallest absolute Gasteiger partial charge is 0.356 e. The van der Waals surface area contributed by atoms with Crippen molar-refractivity contribution in [2.75, 3.05) is 29.2 Å². The third-order valence-corrected chi connectivity index (χ3v) is 14.1. The van der Waals surface area contributed by atoms with Crippen LogP contribution in [0.15, 0.2) is 143 Å². The van der Waals surface area contributed by atoms with E-state index < -0.39 is 35.2 Å². The highest BCUT2D eigenvalue weighted by atomic mass is 127. The Morgan fingerprint density at radius 1 is 0.915 bits per heavy atom. The molecule has 4 heterocycles. The average Bonchev–Trinajstić information content (AvgIpc) is 3.56. The van der Waals surface area contributed by atoms with Gasteiger partial charge in [0.2, 0.25) is 11.4 Å². The number of thioether (sulfide) groups is 3. The number of amides is 1. The zero-order valence-corrected chi connectivity index (χ0v) is 36.8. The molecule has 1 N–H and O–H groups in total. The van der Waals surface area contributed by atoms with Gasteiger partial charge in [0.15, 0.2) is 18.8 Å². The Bertz CT molecular complexity index is 2410. The lowest BCUT2D eigenvalue weighted by molar-refractivity contribution is -0.666. The predicted molar refractivity (Wildman–Crippen MR) is 231 cm³/mol. The number of aliphatic carboxylic acids is 1. The van der Waals surface area contributed by atoms with E-state index in [9.17, 15) is 19.2 Å². The van der Waals surface area contributed by atoms with Crippen LogP contribution in [0.25, 0.3) is 17.0 Å². The maximum absolute atomic E-state index is 14.4. The van der Waals surface area contributed by atoms with Crippen LogP contribution in [0, 0.1) is 5.92 Å². The number of carboxylic acids is 1. The number of ketones is 1. The van der Waals surface area contributed by atoms with E-state index >= 15 is 0 Å². The molecule has 0 spiro atoms. The van der Waals surface area contributed by atoms with Crippen molar-refractivity contribution < 1.29 is 57.6 Å². The summed E-state index contributed by atoms with van der Waals surface area (Å²) in [5, 5.41) is 10.9. The number of carboxylic acid groups (broad SMARTS) is 1. The van der Waals surface area contributed by atoms with Gasteiger partial charge in [-0.15, -0.1) is 11.8 Å². The van der Waals surface area contributed by atoms with Crippen molar-refractivity contribution in [3.05, 3.63) is 154 Å². The maximum atomic E-state index is 14.4. The number of Topliss-reactive ketones (excluding diaryl/α,β-unsaturated/α-hetero) is 1. The molecule has 59 heavy (non-hydrogen) atoms. The Balaban J connectivity index is 0.00000528. The highest BCUT2D eigenvalue weighted by Gasteiger charge is 2.56. The summed E-state index contributed by atoms with van der Waals surface area (Å²) < 4.78 is 8.57. The fraction of sp³-hybridized carbons (Fsp3) is 0.239. The van der Waals surface area contributed by atoms with Crippen LogP contribution < -0.4 is 33.4 Å². The first-order chi connectivity index (χ1) is 28.3. The van der Waals surface area contributed by atoms with Crippen LogP contribution in [-0.2, 0) is 30.5 Å². The van der Waals surface area contributed by atoms with E-state index in [1.807, 2.05) is 60.7 Å². The number of β-lactam (4-membered cyclic amide) rings is 1. The van der Waals surface area contributed by atoms with Crippen molar-refractivity contribution in [2.24, 2.45) is 5.92 Å². The summed E-state index contributed by atoms with van der Waals surface area (Å²) in [6.45, 7) is 0.727. The molecule has 4 aromatic carbocycles. The number of fused-ring (bicyclic) bond motifs is 3. The number of benzene rings is 4.